The quantitative estimate of drug-likeness (QED) is 0.498. The Bertz CT molecular complexity index is 752. The van der Waals surface area contributed by atoms with Crippen LogP contribution in [0.15, 0.2) is 53.6 Å². The Morgan fingerprint density at radius 1 is 1.04 bits per heavy atom. The van der Waals surface area contributed by atoms with Gasteiger partial charge in [0.15, 0.2) is 0 Å². The number of aryl methyl sites for hydroxylation is 1. The van der Waals surface area contributed by atoms with Crippen molar-refractivity contribution in [3.05, 3.63) is 65.2 Å². The molecule has 2 amide bonds. The SMILES string of the molecule is COc1ccc([C@@H](C)NC(=O)C(=O)N/N=C\c2ccc(C)cc2)cc1. The molecule has 0 aromatic heterocycles. The zero-order valence-electron chi connectivity index (χ0n) is 14.4. The van der Waals surface area contributed by atoms with E-state index < -0.39 is 11.8 Å². The van der Waals surface area contributed by atoms with Crippen molar-refractivity contribution in [1.82, 2.24) is 10.7 Å². The van der Waals surface area contributed by atoms with Crippen LogP contribution in [0.25, 0.3) is 0 Å². The summed E-state index contributed by atoms with van der Waals surface area (Å²) in [4.78, 5) is 23.7. The third-order valence-corrected chi connectivity index (χ3v) is 3.63. The molecule has 0 heterocycles. The molecule has 0 aliphatic rings. The minimum atomic E-state index is -0.816. The van der Waals surface area contributed by atoms with Crippen molar-refractivity contribution >= 4 is 18.0 Å². The summed E-state index contributed by atoms with van der Waals surface area (Å²) in [5, 5.41) is 6.42. The number of benzene rings is 2. The van der Waals surface area contributed by atoms with Crippen LogP contribution in [0.2, 0.25) is 0 Å². The fraction of sp³-hybridized carbons (Fsp3) is 0.211. The zero-order chi connectivity index (χ0) is 18.2. The van der Waals surface area contributed by atoms with Crippen LogP contribution in [-0.2, 0) is 9.59 Å². The van der Waals surface area contributed by atoms with Crippen molar-refractivity contribution in [2.24, 2.45) is 5.10 Å². The van der Waals surface area contributed by atoms with Gasteiger partial charge in [0, 0.05) is 0 Å². The molecule has 130 valence electrons. The Morgan fingerprint density at radius 3 is 2.28 bits per heavy atom. The number of amides is 2. The highest BCUT2D eigenvalue weighted by molar-refractivity contribution is 6.35. The number of nitrogens with one attached hydrogen (secondary N) is 2. The van der Waals surface area contributed by atoms with Gasteiger partial charge in [-0.15, -0.1) is 0 Å². The Morgan fingerprint density at radius 2 is 1.68 bits per heavy atom. The summed E-state index contributed by atoms with van der Waals surface area (Å²) in [5.74, 6) is -0.835. The van der Waals surface area contributed by atoms with E-state index in [1.807, 2.05) is 43.3 Å². The van der Waals surface area contributed by atoms with Gasteiger partial charge in [-0.25, -0.2) is 5.43 Å². The second-order valence-electron chi connectivity index (χ2n) is 5.58. The van der Waals surface area contributed by atoms with Crippen molar-refractivity contribution in [2.45, 2.75) is 19.9 Å². The largest absolute Gasteiger partial charge is 0.497 e. The molecule has 0 saturated heterocycles. The Hall–Kier alpha value is -3.15. The first-order valence-corrected chi connectivity index (χ1v) is 7.84. The number of ether oxygens (including phenoxy) is 1. The summed E-state index contributed by atoms with van der Waals surface area (Å²) >= 11 is 0. The van der Waals surface area contributed by atoms with E-state index in [9.17, 15) is 9.59 Å². The lowest BCUT2D eigenvalue weighted by atomic mass is 10.1. The number of carbonyl (C=O) groups excluding carboxylic acids is 2. The molecule has 2 rings (SSSR count). The maximum absolute atomic E-state index is 11.9. The first-order valence-electron chi connectivity index (χ1n) is 7.84. The molecule has 0 saturated carbocycles. The molecular weight excluding hydrogens is 318 g/mol. The van der Waals surface area contributed by atoms with E-state index in [0.717, 1.165) is 22.4 Å². The van der Waals surface area contributed by atoms with Crippen molar-refractivity contribution < 1.29 is 14.3 Å². The van der Waals surface area contributed by atoms with Crippen molar-refractivity contribution in [1.29, 1.82) is 0 Å². The second-order valence-corrected chi connectivity index (χ2v) is 5.58. The van der Waals surface area contributed by atoms with Gasteiger partial charge in [-0.05, 0) is 37.1 Å². The highest BCUT2D eigenvalue weighted by Crippen LogP contribution is 2.17. The van der Waals surface area contributed by atoms with Crippen LogP contribution in [0.1, 0.15) is 29.7 Å². The lowest BCUT2D eigenvalue weighted by Crippen LogP contribution is -2.39. The predicted molar refractivity (Wildman–Crippen MR) is 96.5 cm³/mol. The lowest BCUT2D eigenvalue weighted by molar-refractivity contribution is -0.139. The first-order chi connectivity index (χ1) is 12.0. The standard InChI is InChI=1S/C19H21N3O3/c1-13-4-6-15(7-5-13)12-20-22-19(24)18(23)21-14(2)16-8-10-17(25-3)11-9-16/h4-12,14H,1-3H3,(H,21,23)(H,22,24)/b20-12-/t14-/m1/s1. The number of rotatable bonds is 5. The Labute approximate surface area is 146 Å². The van der Waals surface area contributed by atoms with Crippen molar-refractivity contribution in [3.63, 3.8) is 0 Å². The highest BCUT2D eigenvalue weighted by Gasteiger charge is 2.16. The monoisotopic (exact) mass is 339 g/mol. The Kier molecular flexibility index (Phi) is 6.28. The molecule has 0 aliphatic heterocycles. The van der Waals surface area contributed by atoms with E-state index in [0.29, 0.717) is 0 Å². The molecule has 6 heteroatoms. The normalized spacial score (nSPS) is 11.8. The summed E-state index contributed by atoms with van der Waals surface area (Å²) in [6.07, 6.45) is 1.48. The number of hydrogen-bond donors (Lipinski definition) is 2. The van der Waals surface area contributed by atoms with E-state index in [-0.39, 0.29) is 6.04 Å². The number of nitrogens with zero attached hydrogens (tertiary/aromatic N) is 1. The van der Waals surface area contributed by atoms with Gasteiger partial charge in [0.05, 0.1) is 19.4 Å². The van der Waals surface area contributed by atoms with Gasteiger partial charge in [0.1, 0.15) is 5.75 Å². The van der Waals surface area contributed by atoms with Crippen LogP contribution in [0.5, 0.6) is 5.75 Å². The summed E-state index contributed by atoms with van der Waals surface area (Å²) in [6.45, 7) is 3.78. The van der Waals surface area contributed by atoms with Crippen LogP contribution in [-0.4, -0.2) is 25.1 Å². The molecular formula is C19H21N3O3. The third kappa shape index (κ3) is 5.46. The van der Waals surface area contributed by atoms with E-state index in [1.54, 1.807) is 26.2 Å². The van der Waals surface area contributed by atoms with E-state index in [4.69, 9.17) is 4.74 Å². The number of carbonyl (C=O) groups is 2. The number of methoxy groups -OCH3 is 1. The number of hydrazone groups is 1. The summed E-state index contributed by atoms with van der Waals surface area (Å²) in [7, 11) is 1.58. The van der Waals surface area contributed by atoms with Gasteiger partial charge < -0.3 is 10.1 Å². The van der Waals surface area contributed by atoms with Gasteiger partial charge in [-0.3, -0.25) is 9.59 Å². The minimum Gasteiger partial charge on any atom is -0.497 e. The maximum Gasteiger partial charge on any atom is 0.329 e. The predicted octanol–water partition coefficient (Wildman–Crippen LogP) is 2.33. The zero-order valence-corrected chi connectivity index (χ0v) is 14.4. The van der Waals surface area contributed by atoms with Crippen LogP contribution in [0.3, 0.4) is 0 Å². The van der Waals surface area contributed by atoms with Gasteiger partial charge >= 0.3 is 11.8 Å². The summed E-state index contributed by atoms with van der Waals surface area (Å²) in [5.41, 5.74) is 5.05. The van der Waals surface area contributed by atoms with Crippen LogP contribution in [0, 0.1) is 6.92 Å². The lowest BCUT2D eigenvalue weighted by Gasteiger charge is -2.13. The van der Waals surface area contributed by atoms with Crippen LogP contribution >= 0.6 is 0 Å². The molecule has 2 aromatic rings. The highest BCUT2D eigenvalue weighted by atomic mass is 16.5. The van der Waals surface area contributed by atoms with Crippen LogP contribution < -0.4 is 15.5 Å². The molecule has 25 heavy (non-hydrogen) atoms. The smallest absolute Gasteiger partial charge is 0.329 e. The fourth-order valence-electron chi connectivity index (χ4n) is 2.11. The molecule has 2 aromatic carbocycles. The first kappa shape index (κ1) is 18.2. The van der Waals surface area contributed by atoms with Crippen molar-refractivity contribution in [2.75, 3.05) is 7.11 Å². The van der Waals surface area contributed by atoms with Gasteiger partial charge in [-0.1, -0.05) is 42.0 Å². The maximum atomic E-state index is 11.9. The molecule has 0 spiro atoms. The molecule has 0 fully saturated rings. The van der Waals surface area contributed by atoms with Crippen LogP contribution in [0.4, 0.5) is 0 Å². The topological polar surface area (TPSA) is 79.8 Å². The van der Waals surface area contributed by atoms with Crippen molar-refractivity contribution in [3.8, 4) is 5.75 Å². The molecule has 0 aliphatic carbocycles. The van der Waals surface area contributed by atoms with E-state index in [1.165, 1.54) is 6.21 Å². The average molecular weight is 339 g/mol. The molecule has 6 nitrogen and oxygen atoms in total. The summed E-state index contributed by atoms with van der Waals surface area (Å²) < 4.78 is 5.09. The Balaban J connectivity index is 1.86. The molecule has 0 unspecified atom stereocenters. The molecule has 1 atom stereocenters. The van der Waals surface area contributed by atoms with Gasteiger partial charge in [0.2, 0.25) is 0 Å². The number of hydrogen-bond acceptors (Lipinski definition) is 4. The van der Waals surface area contributed by atoms with E-state index in [2.05, 4.69) is 15.8 Å². The van der Waals surface area contributed by atoms with Gasteiger partial charge in [0.25, 0.3) is 0 Å². The minimum absolute atomic E-state index is 0.315. The van der Waals surface area contributed by atoms with E-state index >= 15 is 0 Å². The third-order valence-electron chi connectivity index (χ3n) is 3.63. The fourth-order valence-corrected chi connectivity index (χ4v) is 2.11. The molecule has 2 N–H and O–H groups in total. The molecule has 0 radical (unpaired) electrons. The summed E-state index contributed by atoms with van der Waals surface area (Å²) in [6, 6.07) is 14.6. The average Bonchev–Trinajstić information content (AvgIpc) is 2.63. The van der Waals surface area contributed by atoms with Gasteiger partial charge in [-0.2, -0.15) is 5.10 Å². The second kappa shape index (κ2) is 8.63. The molecule has 0 bridgehead atoms.